The minimum absolute atomic E-state index is 0.0288. The standard InChI is InChI=1S/C18H17F2NO4/c19-15-7-6-14(10-16(15)20)11-21(9-8-17(22)23)18(24)25-12-13-4-2-1-3-5-13/h1-7,10H,8-9,11-12H2,(H,22,23). The van der Waals surface area contributed by atoms with Gasteiger partial charge in [0.25, 0.3) is 0 Å². The molecule has 0 aliphatic rings. The molecule has 0 spiro atoms. The average Bonchev–Trinajstić information content (AvgIpc) is 2.60. The Bertz CT molecular complexity index is 737. The molecule has 0 aliphatic heterocycles. The summed E-state index contributed by atoms with van der Waals surface area (Å²) >= 11 is 0. The number of halogens is 2. The highest BCUT2D eigenvalue weighted by atomic mass is 19.2. The van der Waals surface area contributed by atoms with Crippen LogP contribution in [0.4, 0.5) is 13.6 Å². The van der Waals surface area contributed by atoms with Gasteiger partial charge in [0, 0.05) is 13.1 Å². The molecule has 0 atom stereocenters. The zero-order valence-electron chi connectivity index (χ0n) is 13.3. The predicted octanol–water partition coefficient (Wildman–Crippen LogP) is 3.58. The summed E-state index contributed by atoms with van der Waals surface area (Å²) in [6.45, 7) is -0.166. The third kappa shape index (κ3) is 5.87. The molecule has 0 heterocycles. The van der Waals surface area contributed by atoms with Crippen LogP contribution in [0.2, 0.25) is 0 Å². The summed E-state index contributed by atoms with van der Waals surface area (Å²) in [4.78, 5) is 24.1. The SMILES string of the molecule is O=C(O)CCN(Cc1ccc(F)c(F)c1)C(=O)OCc1ccccc1. The smallest absolute Gasteiger partial charge is 0.410 e. The van der Waals surface area contributed by atoms with E-state index in [1.54, 1.807) is 24.3 Å². The number of ether oxygens (including phenoxy) is 1. The summed E-state index contributed by atoms with van der Waals surface area (Å²) in [5, 5.41) is 8.81. The van der Waals surface area contributed by atoms with Crippen molar-refractivity contribution in [2.45, 2.75) is 19.6 Å². The Hall–Kier alpha value is -2.96. The molecule has 0 aliphatic carbocycles. The summed E-state index contributed by atoms with van der Waals surface area (Å²) in [5.74, 6) is -3.10. The quantitative estimate of drug-likeness (QED) is 0.830. The Morgan fingerprint density at radius 2 is 1.72 bits per heavy atom. The van der Waals surface area contributed by atoms with E-state index in [-0.39, 0.29) is 26.1 Å². The fourth-order valence-electron chi connectivity index (χ4n) is 2.13. The van der Waals surface area contributed by atoms with Crippen LogP contribution in [-0.2, 0) is 22.7 Å². The van der Waals surface area contributed by atoms with Crippen LogP contribution in [-0.4, -0.2) is 28.6 Å². The van der Waals surface area contributed by atoms with Gasteiger partial charge in [-0.1, -0.05) is 36.4 Å². The Labute approximate surface area is 143 Å². The third-order valence-corrected chi connectivity index (χ3v) is 3.42. The predicted molar refractivity (Wildman–Crippen MR) is 85.6 cm³/mol. The molecule has 7 heteroatoms. The Morgan fingerprint density at radius 1 is 1.00 bits per heavy atom. The molecular weight excluding hydrogens is 332 g/mol. The van der Waals surface area contributed by atoms with E-state index in [0.717, 1.165) is 22.6 Å². The van der Waals surface area contributed by atoms with Gasteiger partial charge in [-0.25, -0.2) is 13.6 Å². The van der Waals surface area contributed by atoms with Gasteiger partial charge in [-0.15, -0.1) is 0 Å². The summed E-state index contributed by atoms with van der Waals surface area (Å²) in [6.07, 6.45) is -1.01. The van der Waals surface area contributed by atoms with Gasteiger partial charge in [-0.2, -0.15) is 0 Å². The van der Waals surface area contributed by atoms with Gasteiger partial charge in [-0.05, 0) is 23.3 Å². The van der Waals surface area contributed by atoms with Crippen LogP contribution in [0.1, 0.15) is 17.5 Å². The number of carboxylic acid groups (broad SMARTS) is 1. The second-order valence-corrected chi connectivity index (χ2v) is 5.35. The van der Waals surface area contributed by atoms with Crippen LogP contribution >= 0.6 is 0 Å². The molecule has 132 valence electrons. The number of carboxylic acids is 1. The van der Waals surface area contributed by atoms with Crippen molar-refractivity contribution in [3.05, 3.63) is 71.3 Å². The van der Waals surface area contributed by atoms with Crippen molar-refractivity contribution in [3.63, 3.8) is 0 Å². The minimum atomic E-state index is -1.08. The molecule has 0 unspecified atom stereocenters. The van der Waals surface area contributed by atoms with Gasteiger partial charge >= 0.3 is 12.1 Å². The van der Waals surface area contributed by atoms with Crippen LogP contribution < -0.4 is 0 Å². The molecule has 0 saturated carbocycles. The van der Waals surface area contributed by atoms with Crippen molar-refractivity contribution in [1.29, 1.82) is 0 Å². The zero-order valence-corrected chi connectivity index (χ0v) is 13.3. The summed E-state index contributed by atoms with van der Waals surface area (Å²) in [6, 6.07) is 12.2. The fourth-order valence-corrected chi connectivity index (χ4v) is 2.13. The summed E-state index contributed by atoms with van der Waals surface area (Å²) in [5.41, 5.74) is 1.11. The van der Waals surface area contributed by atoms with Crippen molar-refractivity contribution < 1.29 is 28.2 Å². The highest BCUT2D eigenvalue weighted by Crippen LogP contribution is 2.13. The molecule has 1 N–H and O–H groups in total. The van der Waals surface area contributed by atoms with Gasteiger partial charge < -0.3 is 14.7 Å². The van der Waals surface area contributed by atoms with Crippen LogP contribution in [0.25, 0.3) is 0 Å². The fraction of sp³-hybridized carbons (Fsp3) is 0.222. The molecule has 0 bridgehead atoms. The second-order valence-electron chi connectivity index (χ2n) is 5.35. The Morgan fingerprint density at radius 3 is 2.36 bits per heavy atom. The number of hydrogen-bond acceptors (Lipinski definition) is 3. The van der Waals surface area contributed by atoms with Crippen LogP contribution in [0.15, 0.2) is 48.5 Å². The van der Waals surface area contributed by atoms with Crippen molar-refractivity contribution in [1.82, 2.24) is 4.90 Å². The number of rotatable bonds is 7. The first-order chi connectivity index (χ1) is 12.0. The van der Waals surface area contributed by atoms with Gasteiger partial charge in [0.05, 0.1) is 6.42 Å². The van der Waals surface area contributed by atoms with E-state index in [4.69, 9.17) is 9.84 Å². The maximum absolute atomic E-state index is 13.3. The summed E-state index contributed by atoms with van der Waals surface area (Å²) in [7, 11) is 0. The number of carbonyl (C=O) groups is 2. The van der Waals surface area contributed by atoms with Gasteiger partial charge in [0.15, 0.2) is 11.6 Å². The van der Waals surface area contributed by atoms with E-state index in [0.29, 0.717) is 5.56 Å². The number of aliphatic carboxylic acids is 1. The number of hydrogen-bond donors (Lipinski definition) is 1. The number of benzene rings is 2. The molecule has 2 aromatic rings. The van der Waals surface area contributed by atoms with Gasteiger partial charge in [-0.3, -0.25) is 4.79 Å². The molecule has 25 heavy (non-hydrogen) atoms. The monoisotopic (exact) mass is 349 g/mol. The van der Waals surface area contributed by atoms with Crippen molar-refractivity contribution in [2.75, 3.05) is 6.54 Å². The molecule has 0 saturated heterocycles. The van der Waals surface area contributed by atoms with Crippen molar-refractivity contribution in [2.24, 2.45) is 0 Å². The lowest BCUT2D eigenvalue weighted by atomic mass is 10.2. The molecule has 2 rings (SSSR count). The van der Waals surface area contributed by atoms with Gasteiger partial charge in [0.2, 0.25) is 0 Å². The van der Waals surface area contributed by atoms with Crippen LogP contribution in [0.5, 0.6) is 0 Å². The maximum Gasteiger partial charge on any atom is 0.410 e. The number of nitrogens with zero attached hydrogens (tertiary/aromatic N) is 1. The van der Waals surface area contributed by atoms with E-state index >= 15 is 0 Å². The molecule has 5 nitrogen and oxygen atoms in total. The Kier molecular flexibility index (Phi) is 6.45. The van der Waals surface area contributed by atoms with E-state index in [1.165, 1.54) is 6.07 Å². The normalized spacial score (nSPS) is 10.3. The lowest BCUT2D eigenvalue weighted by Gasteiger charge is -2.21. The largest absolute Gasteiger partial charge is 0.481 e. The molecule has 0 aromatic heterocycles. The summed E-state index contributed by atoms with van der Waals surface area (Å²) < 4.78 is 31.5. The van der Waals surface area contributed by atoms with Gasteiger partial charge in [0.1, 0.15) is 6.61 Å². The first-order valence-corrected chi connectivity index (χ1v) is 7.57. The molecule has 0 radical (unpaired) electrons. The van der Waals surface area contributed by atoms with Crippen molar-refractivity contribution in [3.8, 4) is 0 Å². The molecule has 2 aromatic carbocycles. The second kappa shape index (κ2) is 8.77. The third-order valence-electron chi connectivity index (χ3n) is 3.42. The Balaban J connectivity index is 2.04. The lowest BCUT2D eigenvalue weighted by molar-refractivity contribution is -0.137. The molecule has 0 fully saturated rings. The van der Waals surface area contributed by atoms with Crippen LogP contribution in [0.3, 0.4) is 0 Å². The van der Waals surface area contributed by atoms with E-state index < -0.39 is 23.7 Å². The maximum atomic E-state index is 13.3. The number of carbonyl (C=O) groups excluding carboxylic acids is 1. The minimum Gasteiger partial charge on any atom is -0.481 e. The van der Waals surface area contributed by atoms with E-state index in [1.807, 2.05) is 6.07 Å². The lowest BCUT2D eigenvalue weighted by Crippen LogP contribution is -2.33. The van der Waals surface area contributed by atoms with E-state index in [9.17, 15) is 18.4 Å². The highest BCUT2D eigenvalue weighted by molar-refractivity contribution is 5.70. The molecular formula is C18H17F2NO4. The van der Waals surface area contributed by atoms with E-state index in [2.05, 4.69) is 0 Å². The average molecular weight is 349 g/mol. The number of amides is 1. The van der Waals surface area contributed by atoms with Crippen LogP contribution in [0, 0.1) is 11.6 Å². The highest BCUT2D eigenvalue weighted by Gasteiger charge is 2.18. The first-order valence-electron chi connectivity index (χ1n) is 7.57. The molecule has 1 amide bonds. The zero-order chi connectivity index (χ0) is 18.2. The first kappa shape index (κ1) is 18.4. The van der Waals surface area contributed by atoms with Crippen molar-refractivity contribution >= 4 is 12.1 Å². The topological polar surface area (TPSA) is 66.8 Å².